The Bertz CT molecular complexity index is 810. The summed E-state index contributed by atoms with van der Waals surface area (Å²) < 4.78 is 0. The van der Waals surface area contributed by atoms with Crippen molar-refractivity contribution in [2.75, 3.05) is 31.1 Å². The fourth-order valence-electron chi connectivity index (χ4n) is 4.22. The smallest absolute Gasteiger partial charge is 0.227 e. The van der Waals surface area contributed by atoms with Gasteiger partial charge in [0.15, 0.2) is 0 Å². The van der Waals surface area contributed by atoms with Gasteiger partial charge in [0.05, 0.1) is 11.3 Å². The lowest BCUT2D eigenvalue weighted by Gasteiger charge is -2.44. The van der Waals surface area contributed by atoms with Crippen molar-refractivity contribution in [3.8, 4) is 0 Å². The molecule has 2 N–H and O–H groups in total. The van der Waals surface area contributed by atoms with E-state index >= 15 is 0 Å². The number of piperidine rings is 2. The molecule has 4 rings (SSSR count). The van der Waals surface area contributed by atoms with Crippen molar-refractivity contribution in [2.45, 2.75) is 39.2 Å². The largest absolute Gasteiger partial charge is 0.355 e. The third-order valence-electron chi connectivity index (χ3n) is 5.93. The molecule has 2 aromatic heterocycles. The average Bonchev–Trinajstić information content (AvgIpc) is 3.12. The lowest BCUT2D eigenvalue weighted by atomic mass is 9.79. The van der Waals surface area contributed by atoms with E-state index in [1.165, 1.54) is 0 Å². The molecule has 1 amide bonds. The van der Waals surface area contributed by atoms with Gasteiger partial charge in [-0.05, 0) is 36.1 Å². The summed E-state index contributed by atoms with van der Waals surface area (Å²) in [7, 11) is 0. The number of carbonyl (C=O) groups is 1. The number of hydrogen-bond acceptors (Lipinski definition) is 6. The number of nitrogens with zero attached hydrogens (tertiary/aromatic N) is 4. The minimum atomic E-state index is -0.0161. The topological polar surface area (TPSA) is 75.4 Å². The minimum Gasteiger partial charge on any atom is -0.355 e. The van der Waals surface area contributed by atoms with Gasteiger partial charge in [-0.25, -0.2) is 9.97 Å². The van der Waals surface area contributed by atoms with E-state index in [1.54, 1.807) is 17.7 Å². The quantitative estimate of drug-likeness (QED) is 0.825. The molecule has 2 fully saturated rings. The molecule has 0 aliphatic carbocycles. The predicted octanol–water partition coefficient (Wildman–Crippen LogP) is 2.92. The molecular formula is C19H28ClN5OS. The molecule has 6 nitrogen and oxygen atoms in total. The molecule has 0 saturated carbocycles. The van der Waals surface area contributed by atoms with Gasteiger partial charge in [0.1, 0.15) is 17.0 Å². The Kier molecular flexibility index (Phi) is 5.93. The summed E-state index contributed by atoms with van der Waals surface area (Å²) in [5.41, 5.74) is 6.22. The van der Waals surface area contributed by atoms with Gasteiger partial charge in [-0.3, -0.25) is 4.79 Å². The minimum absolute atomic E-state index is 0. The fourth-order valence-corrected chi connectivity index (χ4v) is 4.95. The number of likely N-dealkylation sites (tertiary alicyclic amines) is 1. The fraction of sp³-hybridized carbons (Fsp3) is 0.632. The highest BCUT2D eigenvalue weighted by atomic mass is 35.5. The molecule has 27 heavy (non-hydrogen) atoms. The van der Waals surface area contributed by atoms with E-state index in [0.29, 0.717) is 0 Å². The van der Waals surface area contributed by atoms with Crippen LogP contribution in [0, 0.1) is 11.3 Å². The van der Waals surface area contributed by atoms with Crippen molar-refractivity contribution in [3.63, 3.8) is 0 Å². The van der Waals surface area contributed by atoms with Crippen LogP contribution in [0.4, 0.5) is 5.82 Å². The van der Waals surface area contributed by atoms with Gasteiger partial charge >= 0.3 is 0 Å². The standard InChI is InChI=1S/C19H27N5OS.ClH/c1-19(2)11-24(8-5-15(19)20)18(25)13-4-3-7-23(10-13)16-14-6-9-26-17(14)22-12-21-16;/h6,9,12-13,15H,3-5,7-8,10-11,20H2,1-2H3;1H. The van der Waals surface area contributed by atoms with E-state index in [-0.39, 0.29) is 35.7 Å². The maximum absolute atomic E-state index is 13.2. The summed E-state index contributed by atoms with van der Waals surface area (Å²) in [5, 5.41) is 3.14. The molecule has 2 aromatic rings. The van der Waals surface area contributed by atoms with E-state index in [9.17, 15) is 4.79 Å². The van der Waals surface area contributed by atoms with E-state index < -0.39 is 0 Å². The first-order valence-corrected chi connectivity index (χ1v) is 10.3. The highest BCUT2D eigenvalue weighted by molar-refractivity contribution is 7.16. The number of hydrogen-bond donors (Lipinski definition) is 1. The number of anilines is 1. The molecule has 0 spiro atoms. The van der Waals surface area contributed by atoms with Crippen LogP contribution in [-0.4, -0.2) is 53.0 Å². The van der Waals surface area contributed by atoms with Crippen LogP contribution in [0.25, 0.3) is 10.2 Å². The van der Waals surface area contributed by atoms with Crippen LogP contribution >= 0.6 is 23.7 Å². The van der Waals surface area contributed by atoms with Crippen LogP contribution in [0.15, 0.2) is 17.8 Å². The van der Waals surface area contributed by atoms with Crippen LogP contribution < -0.4 is 10.6 Å². The number of amides is 1. The second-order valence-corrected chi connectivity index (χ2v) is 9.16. The molecule has 2 saturated heterocycles. The second kappa shape index (κ2) is 7.89. The van der Waals surface area contributed by atoms with Crippen LogP contribution in [0.5, 0.6) is 0 Å². The zero-order chi connectivity index (χ0) is 18.3. The van der Waals surface area contributed by atoms with Gasteiger partial charge in [0, 0.05) is 32.2 Å². The van der Waals surface area contributed by atoms with E-state index in [4.69, 9.17) is 5.73 Å². The molecule has 4 heterocycles. The highest BCUT2D eigenvalue weighted by Gasteiger charge is 2.38. The first kappa shape index (κ1) is 20.3. The maximum Gasteiger partial charge on any atom is 0.227 e. The third-order valence-corrected chi connectivity index (χ3v) is 6.76. The van der Waals surface area contributed by atoms with Crippen LogP contribution in [0.3, 0.4) is 0 Å². The number of nitrogens with two attached hydrogens (primary N) is 1. The molecule has 2 unspecified atom stereocenters. The summed E-state index contributed by atoms with van der Waals surface area (Å²) in [6.45, 7) is 7.55. The summed E-state index contributed by atoms with van der Waals surface area (Å²) in [6.07, 6.45) is 4.49. The lowest BCUT2D eigenvalue weighted by molar-refractivity contribution is -0.139. The van der Waals surface area contributed by atoms with E-state index in [2.05, 4.69) is 40.2 Å². The molecule has 0 aromatic carbocycles. The zero-order valence-corrected chi connectivity index (χ0v) is 17.6. The average molecular weight is 410 g/mol. The number of fused-ring (bicyclic) bond motifs is 1. The molecular weight excluding hydrogens is 382 g/mol. The summed E-state index contributed by atoms with van der Waals surface area (Å²) in [6, 6.07) is 2.25. The first-order chi connectivity index (χ1) is 12.5. The van der Waals surface area contributed by atoms with Crippen molar-refractivity contribution >= 4 is 45.7 Å². The number of aromatic nitrogens is 2. The van der Waals surface area contributed by atoms with Crippen molar-refractivity contribution in [2.24, 2.45) is 17.1 Å². The van der Waals surface area contributed by atoms with Crippen molar-refractivity contribution in [3.05, 3.63) is 17.8 Å². The summed E-state index contributed by atoms with van der Waals surface area (Å²) in [4.78, 5) is 27.3. The van der Waals surface area contributed by atoms with Crippen LogP contribution in [0.2, 0.25) is 0 Å². The van der Waals surface area contributed by atoms with Crippen molar-refractivity contribution < 1.29 is 4.79 Å². The Morgan fingerprint density at radius 3 is 2.89 bits per heavy atom. The highest BCUT2D eigenvalue weighted by Crippen LogP contribution is 2.32. The number of rotatable bonds is 2. The predicted molar refractivity (Wildman–Crippen MR) is 113 cm³/mol. The van der Waals surface area contributed by atoms with Crippen LogP contribution in [0.1, 0.15) is 33.1 Å². The molecule has 2 atom stereocenters. The van der Waals surface area contributed by atoms with Crippen molar-refractivity contribution in [1.29, 1.82) is 0 Å². The lowest BCUT2D eigenvalue weighted by Crippen LogP contribution is -2.56. The molecule has 0 radical (unpaired) electrons. The zero-order valence-electron chi connectivity index (χ0n) is 15.9. The van der Waals surface area contributed by atoms with Gasteiger partial charge in [-0.15, -0.1) is 23.7 Å². The number of carbonyl (C=O) groups excluding carboxylic acids is 1. The van der Waals surface area contributed by atoms with Crippen molar-refractivity contribution in [1.82, 2.24) is 14.9 Å². The molecule has 2 aliphatic heterocycles. The Hall–Kier alpha value is -1.44. The number of halogens is 1. The molecule has 2 aliphatic rings. The van der Waals surface area contributed by atoms with Crippen LogP contribution in [-0.2, 0) is 4.79 Å². The van der Waals surface area contributed by atoms with Gasteiger partial charge in [0.2, 0.25) is 5.91 Å². The molecule has 8 heteroatoms. The Labute approximate surface area is 170 Å². The van der Waals surface area contributed by atoms with Gasteiger partial charge < -0.3 is 15.5 Å². The Morgan fingerprint density at radius 1 is 1.30 bits per heavy atom. The Balaban J connectivity index is 0.00000210. The Morgan fingerprint density at radius 2 is 2.11 bits per heavy atom. The van der Waals surface area contributed by atoms with Gasteiger partial charge in [0.25, 0.3) is 0 Å². The van der Waals surface area contributed by atoms with Gasteiger partial charge in [-0.2, -0.15) is 0 Å². The molecule has 148 valence electrons. The normalized spacial score (nSPS) is 25.3. The summed E-state index contributed by atoms with van der Waals surface area (Å²) >= 11 is 1.63. The van der Waals surface area contributed by atoms with E-state index in [0.717, 1.165) is 61.5 Å². The third kappa shape index (κ3) is 3.91. The number of thiophene rings is 1. The monoisotopic (exact) mass is 409 g/mol. The first-order valence-electron chi connectivity index (χ1n) is 9.43. The SMILES string of the molecule is CC1(C)CN(C(=O)C2CCCN(c3ncnc4sccc34)C2)CCC1N.Cl. The maximum atomic E-state index is 13.2. The van der Waals surface area contributed by atoms with Gasteiger partial charge in [-0.1, -0.05) is 13.8 Å². The second-order valence-electron chi connectivity index (χ2n) is 8.27. The van der Waals surface area contributed by atoms with E-state index in [1.807, 2.05) is 4.90 Å². The molecule has 0 bridgehead atoms. The summed E-state index contributed by atoms with van der Waals surface area (Å²) in [5.74, 6) is 1.29.